The molecule has 0 radical (unpaired) electrons. The number of hydrogen-bond acceptors (Lipinski definition) is 2. The quantitative estimate of drug-likeness (QED) is 0.168. The minimum absolute atomic E-state index is 0.821. The standard InChI is InChI=1S/C60H38N4/c1-3-10-47-35-49(23-21-39(47)7-1)41-13-17-43(18-14-41)51-27-31-57-55(37-51)56-38-52(44-19-15-42(16-20-44)50-24-22-40-8-2-4-11-48(40)36-50)28-32-58(56)64(57)53-29-25-46(26-30-53)59-61-62-60-54-12-6-5-9-45(54)33-34-63(59)60/h1-38H. The lowest BCUT2D eigenvalue weighted by molar-refractivity contribution is 1.11. The van der Waals surface area contributed by atoms with Crippen molar-refractivity contribution in [1.29, 1.82) is 0 Å². The third-order valence-corrected chi connectivity index (χ3v) is 13.1. The van der Waals surface area contributed by atoms with Crippen molar-refractivity contribution in [2.24, 2.45) is 0 Å². The van der Waals surface area contributed by atoms with Crippen LogP contribution in [0.2, 0.25) is 0 Å². The molecular weight excluding hydrogens is 777 g/mol. The highest BCUT2D eigenvalue weighted by Gasteiger charge is 2.17. The zero-order chi connectivity index (χ0) is 42.1. The maximum atomic E-state index is 4.66. The van der Waals surface area contributed by atoms with E-state index in [0.717, 1.165) is 44.5 Å². The van der Waals surface area contributed by atoms with Crippen LogP contribution in [0, 0.1) is 0 Å². The molecule has 0 amide bonds. The summed E-state index contributed by atoms with van der Waals surface area (Å²) in [5.41, 5.74) is 14.9. The van der Waals surface area contributed by atoms with Crippen molar-refractivity contribution in [2.45, 2.75) is 0 Å². The number of hydrogen-bond donors (Lipinski definition) is 0. The van der Waals surface area contributed by atoms with Crippen molar-refractivity contribution in [1.82, 2.24) is 19.2 Å². The average Bonchev–Trinajstić information content (AvgIpc) is 3.95. The van der Waals surface area contributed by atoms with Gasteiger partial charge in [-0.1, -0.05) is 158 Å². The minimum Gasteiger partial charge on any atom is -0.309 e. The van der Waals surface area contributed by atoms with Gasteiger partial charge in [0.1, 0.15) is 0 Å². The van der Waals surface area contributed by atoms with Crippen molar-refractivity contribution in [2.75, 3.05) is 0 Å². The summed E-state index contributed by atoms with van der Waals surface area (Å²) < 4.78 is 4.48. The number of benzene rings is 10. The molecule has 0 atom stereocenters. The molecule has 0 unspecified atom stereocenters. The van der Waals surface area contributed by atoms with E-state index < -0.39 is 0 Å². The van der Waals surface area contributed by atoms with Gasteiger partial charge < -0.3 is 4.57 Å². The predicted molar refractivity (Wildman–Crippen MR) is 267 cm³/mol. The lowest BCUT2D eigenvalue weighted by atomic mass is 9.96. The maximum Gasteiger partial charge on any atom is 0.168 e. The highest BCUT2D eigenvalue weighted by molar-refractivity contribution is 6.12. The summed E-state index contributed by atoms with van der Waals surface area (Å²) in [7, 11) is 0. The molecule has 0 aliphatic rings. The van der Waals surface area contributed by atoms with Gasteiger partial charge in [0.25, 0.3) is 0 Å². The molecule has 10 aromatic carbocycles. The Morgan fingerprint density at radius 1 is 0.281 bits per heavy atom. The fourth-order valence-electron chi connectivity index (χ4n) is 9.68. The molecule has 0 spiro atoms. The SMILES string of the molecule is c1ccc2cc(-c3ccc(-c4ccc5c(c4)c4cc(-c6ccc(-c7ccc8ccccc8c7)cc6)ccc4n5-c4ccc(-c5nnc6c7ccccc7ccn56)cc4)cc3)ccc2c1. The summed E-state index contributed by atoms with van der Waals surface area (Å²) in [4.78, 5) is 0. The van der Waals surface area contributed by atoms with Crippen molar-refractivity contribution < 1.29 is 0 Å². The van der Waals surface area contributed by atoms with Crippen LogP contribution in [0.15, 0.2) is 231 Å². The normalized spacial score (nSPS) is 11.8. The number of rotatable bonds is 6. The van der Waals surface area contributed by atoms with Crippen molar-refractivity contribution >= 4 is 59.8 Å². The number of nitrogens with zero attached hydrogens (tertiary/aromatic N) is 4. The van der Waals surface area contributed by atoms with Crippen LogP contribution in [0.1, 0.15) is 0 Å². The highest BCUT2D eigenvalue weighted by Crippen LogP contribution is 2.39. The Hall–Kier alpha value is -8.60. The molecule has 298 valence electrons. The molecule has 0 N–H and O–H groups in total. The van der Waals surface area contributed by atoms with Gasteiger partial charge in [0, 0.05) is 33.6 Å². The molecule has 4 nitrogen and oxygen atoms in total. The second kappa shape index (κ2) is 14.5. The molecule has 0 bridgehead atoms. The van der Waals surface area contributed by atoms with Gasteiger partial charge in [0.15, 0.2) is 11.5 Å². The van der Waals surface area contributed by atoms with Crippen LogP contribution >= 0.6 is 0 Å². The van der Waals surface area contributed by atoms with E-state index in [4.69, 9.17) is 0 Å². The molecule has 13 rings (SSSR count). The van der Waals surface area contributed by atoms with Gasteiger partial charge in [-0.2, -0.15) is 0 Å². The molecular formula is C60H38N4. The van der Waals surface area contributed by atoms with E-state index in [9.17, 15) is 0 Å². The third kappa shape index (κ3) is 5.99. The topological polar surface area (TPSA) is 35.1 Å². The number of pyridine rings is 1. The zero-order valence-corrected chi connectivity index (χ0v) is 34.7. The van der Waals surface area contributed by atoms with Crippen LogP contribution in [0.4, 0.5) is 0 Å². The van der Waals surface area contributed by atoms with Crippen LogP contribution in [-0.4, -0.2) is 19.2 Å². The number of fused-ring (bicyclic) bond motifs is 8. The molecule has 3 aromatic heterocycles. The van der Waals surface area contributed by atoms with Crippen LogP contribution in [0.5, 0.6) is 0 Å². The fourth-order valence-corrected chi connectivity index (χ4v) is 9.68. The summed E-state index contributed by atoms with van der Waals surface area (Å²) in [5, 5.41) is 18.9. The first kappa shape index (κ1) is 36.1. The van der Waals surface area contributed by atoms with Crippen molar-refractivity contribution in [3.63, 3.8) is 0 Å². The number of aromatic nitrogens is 4. The van der Waals surface area contributed by atoms with Gasteiger partial charge in [-0.05, 0) is 138 Å². The van der Waals surface area contributed by atoms with Gasteiger partial charge in [-0.25, -0.2) is 0 Å². The first-order valence-corrected chi connectivity index (χ1v) is 21.8. The van der Waals surface area contributed by atoms with Gasteiger partial charge in [0.05, 0.1) is 11.0 Å². The Labute approximate surface area is 369 Å². The Kier molecular flexibility index (Phi) is 8.18. The van der Waals surface area contributed by atoms with E-state index in [0.29, 0.717) is 0 Å². The molecule has 0 saturated carbocycles. The average molecular weight is 815 g/mol. The summed E-state index contributed by atoms with van der Waals surface area (Å²) >= 11 is 0. The predicted octanol–water partition coefficient (Wildman–Crippen LogP) is 15.6. The van der Waals surface area contributed by atoms with E-state index in [1.54, 1.807) is 0 Å². The maximum absolute atomic E-state index is 4.66. The zero-order valence-electron chi connectivity index (χ0n) is 34.7. The van der Waals surface area contributed by atoms with E-state index >= 15 is 0 Å². The minimum atomic E-state index is 0.821. The van der Waals surface area contributed by atoms with Crippen LogP contribution < -0.4 is 0 Å². The molecule has 0 aliphatic carbocycles. The summed E-state index contributed by atoms with van der Waals surface area (Å²) in [5.74, 6) is 0.821. The van der Waals surface area contributed by atoms with Gasteiger partial charge >= 0.3 is 0 Å². The monoisotopic (exact) mass is 814 g/mol. The summed E-state index contributed by atoms with van der Waals surface area (Å²) in [6.07, 6.45) is 2.07. The highest BCUT2D eigenvalue weighted by atomic mass is 15.2. The fraction of sp³-hybridized carbons (Fsp3) is 0. The first-order valence-electron chi connectivity index (χ1n) is 21.8. The second-order valence-electron chi connectivity index (χ2n) is 16.7. The Balaban J connectivity index is 0.905. The van der Waals surface area contributed by atoms with E-state index in [-0.39, 0.29) is 0 Å². The van der Waals surface area contributed by atoms with Crippen molar-refractivity contribution in [3.8, 4) is 61.6 Å². The van der Waals surface area contributed by atoms with Crippen LogP contribution in [-0.2, 0) is 0 Å². The first-order chi connectivity index (χ1) is 31.7. The Morgan fingerprint density at radius 2 is 0.703 bits per heavy atom. The molecule has 64 heavy (non-hydrogen) atoms. The van der Waals surface area contributed by atoms with Crippen LogP contribution in [0.25, 0.3) is 121 Å². The molecule has 3 heterocycles. The third-order valence-electron chi connectivity index (χ3n) is 13.1. The molecule has 0 fully saturated rings. The van der Waals surface area contributed by atoms with Gasteiger partial charge in [-0.3, -0.25) is 4.40 Å². The van der Waals surface area contributed by atoms with E-state index in [1.165, 1.54) is 76.8 Å². The second-order valence-corrected chi connectivity index (χ2v) is 16.7. The molecule has 0 aliphatic heterocycles. The van der Waals surface area contributed by atoms with Crippen molar-refractivity contribution in [3.05, 3.63) is 231 Å². The van der Waals surface area contributed by atoms with E-state index in [2.05, 4.69) is 250 Å². The molecule has 4 heteroatoms. The van der Waals surface area contributed by atoms with E-state index in [1.807, 2.05) is 0 Å². The summed E-state index contributed by atoms with van der Waals surface area (Å²) in [6, 6.07) is 81.5. The molecule has 13 aromatic rings. The molecule has 0 saturated heterocycles. The van der Waals surface area contributed by atoms with Gasteiger partial charge in [0.2, 0.25) is 0 Å². The Morgan fingerprint density at radius 3 is 1.23 bits per heavy atom. The smallest absolute Gasteiger partial charge is 0.168 e. The van der Waals surface area contributed by atoms with Crippen LogP contribution in [0.3, 0.4) is 0 Å². The Bertz CT molecular complexity index is 3750. The summed E-state index contributed by atoms with van der Waals surface area (Å²) in [6.45, 7) is 0. The lowest BCUT2D eigenvalue weighted by Crippen LogP contribution is -1.95. The van der Waals surface area contributed by atoms with Gasteiger partial charge in [-0.15, -0.1) is 10.2 Å². The largest absolute Gasteiger partial charge is 0.309 e. The lowest BCUT2D eigenvalue weighted by Gasteiger charge is -2.10.